The molecule has 0 aromatic heterocycles. The second kappa shape index (κ2) is 33.4. The van der Waals surface area contributed by atoms with E-state index < -0.39 is 18.3 Å². The number of aliphatic hydroxyl groups is 2. The van der Waals surface area contributed by atoms with E-state index in [4.69, 9.17) is 14.6 Å². The highest BCUT2D eigenvalue weighted by Crippen LogP contribution is 2.14. The predicted octanol–water partition coefficient (Wildman–Crippen LogP) is 3.69. The van der Waals surface area contributed by atoms with Crippen molar-refractivity contribution in [1.29, 1.82) is 0 Å². The summed E-state index contributed by atoms with van der Waals surface area (Å²) in [6.07, 6.45) is 14.7. The predicted molar refractivity (Wildman–Crippen MR) is 191 cm³/mol. The number of unbranched alkanes of at least 4 members (excludes halogenated alkanes) is 13. The fourth-order valence-electron chi connectivity index (χ4n) is 4.82. The van der Waals surface area contributed by atoms with Gasteiger partial charge in [-0.3, -0.25) is 19.2 Å². The maximum Gasteiger partial charge on any atom is 0.314 e. The first-order valence-electron chi connectivity index (χ1n) is 17.6. The number of amides is 4. The zero-order chi connectivity index (χ0) is 35.7. The fourth-order valence-corrected chi connectivity index (χ4v) is 5.04. The van der Waals surface area contributed by atoms with Crippen LogP contribution in [-0.4, -0.2) is 101 Å². The van der Waals surface area contributed by atoms with Gasteiger partial charge in [0.05, 0.1) is 25.9 Å². The topological polar surface area (TPSA) is 213 Å². The van der Waals surface area contributed by atoms with Crippen molar-refractivity contribution in [2.75, 3.05) is 46.1 Å². The lowest BCUT2D eigenvalue weighted by molar-refractivity contribution is -0.137. The highest BCUT2D eigenvalue weighted by atomic mass is 127. The van der Waals surface area contributed by atoms with Gasteiger partial charge in [-0.1, -0.05) is 77.0 Å². The number of carbonyl (C=O) groups is 5. The van der Waals surface area contributed by atoms with Crippen LogP contribution in [0.5, 0.6) is 0 Å². The molecule has 280 valence electrons. The molecule has 0 fully saturated rings. The maximum absolute atomic E-state index is 12.3. The van der Waals surface area contributed by atoms with Crippen LogP contribution in [-0.2, 0) is 28.7 Å². The molecule has 48 heavy (non-hydrogen) atoms. The van der Waals surface area contributed by atoms with Gasteiger partial charge in [-0.2, -0.15) is 0 Å². The SMILES string of the molecule is O=C(O)CCCCCCCCCCCCCCCCC(=O)N[C@@H](CCC(=O)NCCCNC(=O)NCCOCCOCC(=O)I)C(O)O. The third-order valence-electron chi connectivity index (χ3n) is 7.51. The van der Waals surface area contributed by atoms with Gasteiger partial charge in [0.15, 0.2) is 6.29 Å². The molecule has 0 aliphatic heterocycles. The molecule has 0 radical (unpaired) electrons. The summed E-state index contributed by atoms with van der Waals surface area (Å²) >= 11 is 1.65. The minimum absolute atomic E-state index is 0.0184. The summed E-state index contributed by atoms with van der Waals surface area (Å²) in [4.78, 5) is 57.5. The molecule has 0 unspecified atom stereocenters. The van der Waals surface area contributed by atoms with Crippen LogP contribution in [0.1, 0.15) is 122 Å². The Bertz CT molecular complexity index is 866. The van der Waals surface area contributed by atoms with E-state index in [1.165, 1.54) is 44.9 Å². The van der Waals surface area contributed by atoms with Crippen molar-refractivity contribution in [3.8, 4) is 0 Å². The van der Waals surface area contributed by atoms with E-state index in [1.54, 1.807) is 22.6 Å². The highest BCUT2D eigenvalue weighted by molar-refractivity contribution is 14.1. The van der Waals surface area contributed by atoms with Crippen molar-refractivity contribution in [2.45, 2.75) is 134 Å². The lowest BCUT2D eigenvalue weighted by Gasteiger charge is -2.20. The Kier molecular flexibility index (Phi) is 32.0. The minimum atomic E-state index is -1.77. The van der Waals surface area contributed by atoms with Crippen LogP contribution in [0.3, 0.4) is 0 Å². The van der Waals surface area contributed by atoms with Crippen LogP contribution >= 0.6 is 22.6 Å². The molecule has 0 aliphatic rings. The van der Waals surface area contributed by atoms with Crippen molar-refractivity contribution in [3.63, 3.8) is 0 Å². The van der Waals surface area contributed by atoms with Gasteiger partial charge in [-0.05, 0) is 25.7 Å². The molecule has 1 atom stereocenters. The van der Waals surface area contributed by atoms with E-state index in [2.05, 4.69) is 21.3 Å². The van der Waals surface area contributed by atoms with E-state index in [1.807, 2.05) is 0 Å². The number of hydrogen-bond donors (Lipinski definition) is 7. The molecule has 7 N–H and O–H groups in total. The van der Waals surface area contributed by atoms with Crippen molar-refractivity contribution >= 4 is 50.2 Å². The first-order valence-corrected chi connectivity index (χ1v) is 18.7. The monoisotopic (exact) mass is 800 g/mol. The van der Waals surface area contributed by atoms with E-state index in [0.717, 1.165) is 44.9 Å². The molecule has 0 spiro atoms. The Morgan fingerprint density at radius 1 is 0.562 bits per heavy atom. The van der Waals surface area contributed by atoms with E-state index in [-0.39, 0.29) is 47.5 Å². The molecule has 15 heteroatoms. The molecule has 4 amide bonds. The second-order valence-electron chi connectivity index (χ2n) is 11.9. The van der Waals surface area contributed by atoms with Gasteiger partial charge in [0.1, 0.15) is 6.61 Å². The summed E-state index contributed by atoms with van der Waals surface area (Å²) in [6, 6.07) is -1.28. The summed E-state index contributed by atoms with van der Waals surface area (Å²) < 4.78 is 10.3. The summed E-state index contributed by atoms with van der Waals surface area (Å²) in [5.41, 5.74) is 0. The Hall–Kier alpha value is -2.08. The fraction of sp³-hybridized carbons (Fsp3) is 0.848. The highest BCUT2D eigenvalue weighted by Gasteiger charge is 2.20. The Balaban J connectivity index is 3.70. The molecular formula is C33H61IN4O10. The number of hydrogen-bond acceptors (Lipinski definition) is 9. The number of nitrogens with one attached hydrogen (secondary N) is 4. The van der Waals surface area contributed by atoms with Crippen LogP contribution in [0.2, 0.25) is 0 Å². The minimum Gasteiger partial charge on any atom is -0.481 e. The summed E-state index contributed by atoms with van der Waals surface area (Å²) in [7, 11) is 0. The van der Waals surface area contributed by atoms with E-state index in [9.17, 15) is 34.2 Å². The first-order chi connectivity index (χ1) is 23.1. The first kappa shape index (κ1) is 45.9. The summed E-state index contributed by atoms with van der Waals surface area (Å²) in [6.45, 7) is 1.96. The average Bonchev–Trinajstić information content (AvgIpc) is 3.03. The number of urea groups is 1. The zero-order valence-corrected chi connectivity index (χ0v) is 30.8. The van der Waals surface area contributed by atoms with Gasteiger partial charge in [-0.15, -0.1) is 0 Å². The zero-order valence-electron chi connectivity index (χ0n) is 28.6. The Morgan fingerprint density at radius 2 is 1.06 bits per heavy atom. The maximum atomic E-state index is 12.3. The molecule has 0 heterocycles. The molecule has 0 aliphatic carbocycles. The van der Waals surface area contributed by atoms with Crippen LogP contribution in [0.25, 0.3) is 0 Å². The number of ether oxygens (including phenoxy) is 2. The van der Waals surface area contributed by atoms with Gasteiger partial charge in [-0.25, -0.2) is 4.79 Å². The number of carbonyl (C=O) groups excluding carboxylic acids is 4. The molecule has 0 rings (SSSR count). The van der Waals surface area contributed by atoms with E-state index in [0.29, 0.717) is 52.3 Å². The summed E-state index contributed by atoms with van der Waals surface area (Å²) in [5, 5.41) is 38.6. The van der Waals surface area contributed by atoms with Gasteiger partial charge >= 0.3 is 12.0 Å². The van der Waals surface area contributed by atoms with Crippen LogP contribution in [0.4, 0.5) is 4.79 Å². The van der Waals surface area contributed by atoms with Crippen LogP contribution in [0, 0.1) is 0 Å². The van der Waals surface area contributed by atoms with Crippen molar-refractivity contribution < 1.29 is 48.8 Å². The third kappa shape index (κ3) is 33.8. The number of halogens is 1. The number of aliphatic carboxylic acids is 1. The molecule has 0 saturated carbocycles. The largest absolute Gasteiger partial charge is 0.481 e. The van der Waals surface area contributed by atoms with Gasteiger partial charge in [0.2, 0.25) is 15.6 Å². The van der Waals surface area contributed by atoms with Crippen molar-refractivity contribution in [3.05, 3.63) is 0 Å². The van der Waals surface area contributed by atoms with Gasteiger partial charge in [0, 0.05) is 61.5 Å². The molecule has 0 bridgehead atoms. The third-order valence-corrected chi connectivity index (χ3v) is 7.83. The lowest BCUT2D eigenvalue weighted by Crippen LogP contribution is -2.44. The van der Waals surface area contributed by atoms with E-state index >= 15 is 0 Å². The van der Waals surface area contributed by atoms with Crippen molar-refractivity contribution in [2.24, 2.45) is 0 Å². The number of carboxylic acid groups (broad SMARTS) is 1. The molecular weight excluding hydrogens is 739 g/mol. The molecule has 0 saturated heterocycles. The average molecular weight is 801 g/mol. The molecule has 14 nitrogen and oxygen atoms in total. The van der Waals surface area contributed by atoms with Crippen molar-refractivity contribution in [1.82, 2.24) is 21.3 Å². The normalized spacial score (nSPS) is 11.7. The van der Waals surface area contributed by atoms with Gasteiger partial charge in [0.25, 0.3) is 0 Å². The number of rotatable bonds is 34. The number of aliphatic hydroxyl groups excluding tert-OH is 1. The smallest absolute Gasteiger partial charge is 0.314 e. The number of carboxylic acids is 1. The quantitative estimate of drug-likeness (QED) is 0.0217. The Morgan fingerprint density at radius 3 is 1.60 bits per heavy atom. The van der Waals surface area contributed by atoms with Crippen LogP contribution < -0.4 is 21.3 Å². The van der Waals surface area contributed by atoms with Crippen LogP contribution in [0.15, 0.2) is 0 Å². The van der Waals surface area contributed by atoms with Gasteiger partial charge < -0.3 is 46.1 Å². The molecule has 0 aromatic rings. The standard InChI is InChI=1S/C33H61IN4O10/c34-28(39)26-48-25-24-47-23-22-37-33(46)36-21-15-20-35-29(40)19-18-27(32(44)45)38-30(41)16-13-11-9-7-5-3-1-2-4-6-8-10-12-14-17-31(42)43/h27,32,44-45H,1-26H2,(H,35,40)(H,38,41)(H,42,43)(H2,36,37,46)/t27-/m0/s1. The lowest BCUT2D eigenvalue weighted by atomic mass is 10.0. The molecule has 0 aromatic carbocycles. The Labute approximate surface area is 299 Å². The second-order valence-corrected chi connectivity index (χ2v) is 13.1. The summed E-state index contributed by atoms with van der Waals surface area (Å²) in [5.74, 6) is -1.25.